The maximum atomic E-state index is 11.6. The molecule has 0 bridgehead atoms. The van der Waals surface area contributed by atoms with Crippen molar-refractivity contribution in [3.8, 4) is 0 Å². The zero-order chi connectivity index (χ0) is 10.9. The SMILES string of the molecule is CC1(OCC(=O)N2CC[C@@H](O)C2)CNC1. The summed E-state index contributed by atoms with van der Waals surface area (Å²) < 4.78 is 5.54. The predicted molar refractivity (Wildman–Crippen MR) is 54.4 cm³/mol. The Morgan fingerprint density at radius 2 is 2.40 bits per heavy atom. The summed E-state index contributed by atoms with van der Waals surface area (Å²) in [6, 6.07) is 0. The van der Waals surface area contributed by atoms with Crippen LogP contribution in [0.1, 0.15) is 13.3 Å². The van der Waals surface area contributed by atoms with Crippen molar-refractivity contribution in [1.82, 2.24) is 10.2 Å². The van der Waals surface area contributed by atoms with E-state index in [-0.39, 0.29) is 24.2 Å². The van der Waals surface area contributed by atoms with Crippen molar-refractivity contribution >= 4 is 5.91 Å². The number of hydrogen-bond acceptors (Lipinski definition) is 4. The van der Waals surface area contributed by atoms with Crippen LogP contribution in [0.3, 0.4) is 0 Å². The topological polar surface area (TPSA) is 61.8 Å². The smallest absolute Gasteiger partial charge is 0.248 e. The standard InChI is InChI=1S/C10H18N2O3/c1-10(6-11-7-10)15-5-9(14)12-3-2-8(13)4-12/h8,11,13H,2-7H2,1H3/t8-/m1/s1. The van der Waals surface area contributed by atoms with E-state index < -0.39 is 0 Å². The Kier molecular flexibility index (Phi) is 2.95. The van der Waals surface area contributed by atoms with Crippen LogP contribution < -0.4 is 5.32 Å². The van der Waals surface area contributed by atoms with Gasteiger partial charge in [-0.1, -0.05) is 0 Å². The molecule has 1 amide bonds. The molecule has 15 heavy (non-hydrogen) atoms. The molecular formula is C10H18N2O3. The summed E-state index contributed by atoms with van der Waals surface area (Å²) in [4.78, 5) is 13.3. The van der Waals surface area contributed by atoms with Crippen molar-refractivity contribution < 1.29 is 14.6 Å². The average Bonchev–Trinajstić information content (AvgIpc) is 2.58. The van der Waals surface area contributed by atoms with Gasteiger partial charge in [-0.3, -0.25) is 4.79 Å². The van der Waals surface area contributed by atoms with Gasteiger partial charge < -0.3 is 20.1 Å². The monoisotopic (exact) mass is 214 g/mol. The maximum Gasteiger partial charge on any atom is 0.248 e. The fraction of sp³-hybridized carbons (Fsp3) is 0.900. The third-order valence-corrected chi connectivity index (χ3v) is 3.06. The molecule has 0 aromatic rings. The molecule has 0 aromatic carbocycles. The van der Waals surface area contributed by atoms with Crippen LogP contribution >= 0.6 is 0 Å². The molecule has 0 unspecified atom stereocenters. The van der Waals surface area contributed by atoms with E-state index in [1.54, 1.807) is 4.90 Å². The van der Waals surface area contributed by atoms with Crippen molar-refractivity contribution in [2.24, 2.45) is 0 Å². The zero-order valence-electron chi connectivity index (χ0n) is 9.03. The molecule has 2 heterocycles. The van der Waals surface area contributed by atoms with Crippen molar-refractivity contribution in [3.63, 3.8) is 0 Å². The van der Waals surface area contributed by atoms with E-state index in [1.807, 2.05) is 6.92 Å². The molecule has 2 aliphatic rings. The number of amides is 1. The lowest BCUT2D eigenvalue weighted by Gasteiger charge is -2.39. The summed E-state index contributed by atoms with van der Waals surface area (Å²) in [5.41, 5.74) is -0.173. The van der Waals surface area contributed by atoms with Gasteiger partial charge >= 0.3 is 0 Å². The second kappa shape index (κ2) is 4.08. The van der Waals surface area contributed by atoms with Gasteiger partial charge in [0, 0.05) is 26.2 Å². The first-order valence-electron chi connectivity index (χ1n) is 5.40. The van der Waals surface area contributed by atoms with Crippen LogP contribution in [-0.2, 0) is 9.53 Å². The van der Waals surface area contributed by atoms with Gasteiger partial charge in [0.25, 0.3) is 0 Å². The van der Waals surface area contributed by atoms with Crippen LogP contribution in [0.5, 0.6) is 0 Å². The number of aliphatic hydroxyl groups is 1. The molecule has 2 aliphatic heterocycles. The molecule has 2 saturated heterocycles. The number of carbonyl (C=O) groups excluding carboxylic acids is 1. The normalized spacial score (nSPS) is 28.9. The number of carbonyl (C=O) groups is 1. The quantitative estimate of drug-likeness (QED) is 0.630. The Bertz CT molecular complexity index is 253. The lowest BCUT2D eigenvalue weighted by Crippen LogP contribution is -2.59. The van der Waals surface area contributed by atoms with Crippen molar-refractivity contribution in [3.05, 3.63) is 0 Å². The van der Waals surface area contributed by atoms with Gasteiger partial charge in [-0.2, -0.15) is 0 Å². The van der Waals surface area contributed by atoms with Gasteiger partial charge in [-0.25, -0.2) is 0 Å². The van der Waals surface area contributed by atoms with Gasteiger partial charge in [-0.05, 0) is 13.3 Å². The van der Waals surface area contributed by atoms with Crippen LogP contribution in [0, 0.1) is 0 Å². The molecule has 1 atom stereocenters. The van der Waals surface area contributed by atoms with Gasteiger partial charge in [0.15, 0.2) is 0 Å². The van der Waals surface area contributed by atoms with E-state index in [1.165, 1.54) is 0 Å². The number of aliphatic hydroxyl groups excluding tert-OH is 1. The minimum Gasteiger partial charge on any atom is -0.391 e. The maximum absolute atomic E-state index is 11.6. The zero-order valence-corrected chi connectivity index (χ0v) is 9.03. The number of rotatable bonds is 3. The second-order valence-corrected chi connectivity index (χ2v) is 4.62. The highest BCUT2D eigenvalue weighted by atomic mass is 16.5. The summed E-state index contributed by atoms with van der Waals surface area (Å²) in [5, 5.41) is 12.4. The van der Waals surface area contributed by atoms with Crippen LogP contribution in [-0.4, -0.2) is 60.4 Å². The largest absolute Gasteiger partial charge is 0.391 e. The Labute approximate surface area is 89.4 Å². The van der Waals surface area contributed by atoms with E-state index >= 15 is 0 Å². The van der Waals surface area contributed by atoms with E-state index in [2.05, 4.69) is 5.32 Å². The third kappa shape index (κ3) is 2.48. The van der Waals surface area contributed by atoms with Crippen molar-refractivity contribution in [1.29, 1.82) is 0 Å². The molecule has 0 spiro atoms. The second-order valence-electron chi connectivity index (χ2n) is 4.62. The van der Waals surface area contributed by atoms with Gasteiger partial charge in [0.05, 0.1) is 11.7 Å². The fourth-order valence-corrected chi connectivity index (χ4v) is 1.87. The molecule has 2 fully saturated rings. The number of ether oxygens (including phenoxy) is 1. The minimum absolute atomic E-state index is 0.0142. The summed E-state index contributed by atoms with van der Waals surface area (Å²) in [5.74, 6) is -0.0142. The van der Waals surface area contributed by atoms with Gasteiger partial charge in [0.1, 0.15) is 6.61 Å². The summed E-state index contributed by atoms with van der Waals surface area (Å²) >= 11 is 0. The Balaban J connectivity index is 1.72. The molecule has 86 valence electrons. The number of hydrogen-bond donors (Lipinski definition) is 2. The van der Waals surface area contributed by atoms with Gasteiger partial charge in [0.2, 0.25) is 5.91 Å². The first kappa shape index (κ1) is 10.9. The molecule has 5 nitrogen and oxygen atoms in total. The van der Waals surface area contributed by atoms with Crippen LogP contribution in [0.2, 0.25) is 0 Å². The number of nitrogens with zero attached hydrogens (tertiary/aromatic N) is 1. The van der Waals surface area contributed by atoms with Crippen LogP contribution in [0.15, 0.2) is 0 Å². The van der Waals surface area contributed by atoms with Gasteiger partial charge in [-0.15, -0.1) is 0 Å². The predicted octanol–water partition coefficient (Wildman–Crippen LogP) is -1.04. The molecule has 2 rings (SSSR count). The Morgan fingerprint density at radius 3 is 2.87 bits per heavy atom. The first-order valence-corrected chi connectivity index (χ1v) is 5.40. The highest BCUT2D eigenvalue weighted by Gasteiger charge is 2.34. The van der Waals surface area contributed by atoms with E-state index in [0.29, 0.717) is 19.5 Å². The Morgan fingerprint density at radius 1 is 1.67 bits per heavy atom. The minimum atomic E-state index is -0.352. The fourth-order valence-electron chi connectivity index (χ4n) is 1.87. The van der Waals surface area contributed by atoms with Crippen molar-refractivity contribution in [2.45, 2.75) is 25.0 Å². The third-order valence-electron chi connectivity index (χ3n) is 3.06. The molecule has 0 aliphatic carbocycles. The summed E-state index contributed by atoms with van der Waals surface area (Å²) in [6.45, 7) is 4.85. The molecule has 0 radical (unpaired) electrons. The number of likely N-dealkylation sites (tertiary alicyclic amines) is 1. The van der Waals surface area contributed by atoms with Crippen molar-refractivity contribution in [2.75, 3.05) is 32.8 Å². The first-order chi connectivity index (χ1) is 7.09. The van der Waals surface area contributed by atoms with Crippen LogP contribution in [0.4, 0.5) is 0 Å². The highest BCUT2D eigenvalue weighted by molar-refractivity contribution is 5.77. The molecule has 2 N–H and O–H groups in total. The molecule has 0 aromatic heterocycles. The highest BCUT2D eigenvalue weighted by Crippen LogP contribution is 2.16. The van der Waals surface area contributed by atoms with Crippen LogP contribution in [0.25, 0.3) is 0 Å². The van der Waals surface area contributed by atoms with E-state index in [9.17, 15) is 9.90 Å². The number of β-amino-alcohol motifs (C(OH)–C–C–N with tert-alkyl or cyclic N) is 1. The van der Waals surface area contributed by atoms with E-state index in [0.717, 1.165) is 13.1 Å². The molecule has 5 heteroatoms. The number of nitrogens with one attached hydrogen (secondary N) is 1. The summed E-state index contributed by atoms with van der Waals surface area (Å²) in [7, 11) is 0. The Hall–Kier alpha value is -0.650. The molecular weight excluding hydrogens is 196 g/mol. The van der Waals surface area contributed by atoms with E-state index in [4.69, 9.17) is 4.74 Å². The average molecular weight is 214 g/mol. The lowest BCUT2D eigenvalue weighted by atomic mass is 10.0. The molecule has 0 saturated carbocycles. The summed E-state index contributed by atoms with van der Waals surface area (Å²) in [6.07, 6.45) is 0.333. The lowest BCUT2D eigenvalue weighted by molar-refractivity contribution is -0.145.